The fraction of sp³-hybridized carbons (Fsp3) is 0.222. The van der Waals surface area contributed by atoms with Crippen LogP contribution < -0.4 is 10.6 Å². The van der Waals surface area contributed by atoms with Crippen molar-refractivity contribution in [1.29, 1.82) is 0 Å². The van der Waals surface area contributed by atoms with Crippen molar-refractivity contribution in [3.63, 3.8) is 0 Å². The molecule has 3 rings (SSSR count). The molecule has 0 unspecified atom stereocenters. The van der Waals surface area contributed by atoms with Crippen molar-refractivity contribution >= 4 is 21.6 Å². The Hall–Kier alpha value is -3.41. The fourth-order valence-corrected chi connectivity index (χ4v) is 3.50. The van der Waals surface area contributed by atoms with Crippen molar-refractivity contribution in [2.75, 3.05) is 18.4 Å². The Morgan fingerprint density at radius 3 is 2.63 bits per heavy atom. The maximum absolute atomic E-state index is 12.8. The van der Waals surface area contributed by atoms with Gasteiger partial charge < -0.3 is 10.6 Å². The maximum atomic E-state index is 12.8. The first kappa shape index (κ1) is 21.3. The van der Waals surface area contributed by atoms with Crippen LogP contribution in [0.25, 0.3) is 5.82 Å². The third-order valence-corrected chi connectivity index (χ3v) is 5.44. The van der Waals surface area contributed by atoms with E-state index in [0.29, 0.717) is 11.6 Å². The largest absolute Gasteiger partial charge is 0.368 e. The third-order valence-electron chi connectivity index (χ3n) is 4.00. The minimum absolute atomic E-state index is 0.0993. The van der Waals surface area contributed by atoms with E-state index >= 15 is 0 Å². The number of nitrogens with one attached hydrogen (secondary N) is 2. The Bertz CT molecular complexity index is 1150. The first-order valence-electron chi connectivity index (χ1n) is 8.77. The lowest BCUT2D eigenvalue weighted by molar-refractivity contribution is 0.0951. The van der Waals surface area contributed by atoms with Gasteiger partial charge in [-0.15, -0.1) is 0 Å². The van der Waals surface area contributed by atoms with Crippen molar-refractivity contribution in [2.24, 2.45) is 0 Å². The number of aromatic nitrogens is 4. The van der Waals surface area contributed by atoms with E-state index in [-0.39, 0.29) is 18.7 Å². The van der Waals surface area contributed by atoms with E-state index in [1.54, 1.807) is 16.9 Å². The highest BCUT2D eigenvalue weighted by Gasteiger charge is 2.30. The van der Waals surface area contributed by atoms with Gasteiger partial charge in [0.25, 0.3) is 5.91 Å². The lowest BCUT2D eigenvalue weighted by atomic mass is 10.2. The SMILES string of the molecule is Cc1ccn(-c2cc(NCCNC(=O)c3ccccc3S(=O)(=O)C(F)F)ncn2)n1. The van der Waals surface area contributed by atoms with Crippen LogP contribution in [-0.2, 0) is 9.84 Å². The molecule has 2 aromatic heterocycles. The summed E-state index contributed by atoms with van der Waals surface area (Å²) in [5, 5.41) is 9.74. The van der Waals surface area contributed by atoms with Crippen molar-refractivity contribution in [2.45, 2.75) is 17.6 Å². The molecule has 158 valence electrons. The van der Waals surface area contributed by atoms with Gasteiger partial charge in [0.05, 0.1) is 16.2 Å². The molecule has 1 aromatic carbocycles. The number of carbonyl (C=O) groups excluding carboxylic acids is 1. The van der Waals surface area contributed by atoms with Crippen LogP contribution in [0, 0.1) is 6.92 Å². The van der Waals surface area contributed by atoms with Crippen LogP contribution in [0.1, 0.15) is 16.1 Å². The number of amides is 1. The lowest BCUT2D eigenvalue weighted by Crippen LogP contribution is -2.30. The third kappa shape index (κ3) is 4.76. The van der Waals surface area contributed by atoms with Gasteiger partial charge >= 0.3 is 5.76 Å². The number of carbonyl (C=O) groups is 1. The zero-order valence-corrected chi connectivity index (χ0v) is 16.6. The van der Waals surface area contributed by atoms with Crippen LogP contribution in [0.2, 0.25) is 0 Å². The Kier molecular flexibility index (Phi) is 6.35. The molecule has 2 N–H and O–H groups in total. The van der Waals surface area contributed by atoms with Crippen LogP contribution in [-0.4, -0.2) is 52.9 Å². The number of anilines is 1. The summed E-state index contributed by atoms with van der Waals surface area (Å²) in [5.41, 5.74) is 0.496. The smallest absolute Gasteiger partial charge is 0.341 e. The van der Waals surface area contributed by atoms with Gasteiger partial charge in [0.2, 0.25) is 9.84 Å². The van der Waals surface area contributed by atoms with E-state index in [2.05, 4.69) is 25.7 Å². The van der Waals surface area contributed by atoms with Crippen LogP contribution in [0.3, 0.4) is 0 Å². The molecule has 0 saturated heterocycles. The average Bonchev–Trinajstić information content (AvgIpc) is 3.17. The number of nitrogens with zero attached hydrogens (tertiary/aromatic N) is 4. The van der Waals surface area contributed by atoms with Gasteiger partial charge in [-0.05, 0) is 25.1 Å². The molecule has 0 spiro atoms. The number of benzene rings is 1. The van der Waals surface area contributed by atoms with Gasteiger partial charge in [-0.1, -0.05) is 12.1 Å². The normalized spacial score (nSPS) is 11.5. The predicted molar refractivity (Wildman–Crippen MR) is 104 cm³/mol. The van der Waals surface area contributed by atoms with Crippen molar-refractivity contribution in [3.8, 4) is 5.82 Å². The summed E-state index contributed by atoms with van der Waals surface area (Å²) in [7, 11) is -4.89. The van der Waals surface area contributed by atoms with Crippen LogP contribution in [0.4, 0.5) is 14.6 Å². The van der Waals surface area contributed by atoms with Crippen LogP contribution >= 0.6 is 0 Å². The second kappa shape index (κ2) is 8.95. The molecule has 0 aliphatic carbocycles. The molecule has 0 atom stereocenters. The molecule has 3 aromatic rings. The van der Waals surface area contributed by atoms with Crippen molar-refractivity contribution < 1.29 is 22.0 Å². The van der Waals surface area contributed by atoms with E-state index in [1.807, 2.05) is 13.0 Å². The second-order valence-corrected chi connectivity index (χ2v) is 8.03. The van der Waals surface area contributed by atoms with E-state index in [0.717, 1.165) is 11.8 Å². The molecule has 1 amide bonds. The number of aryl methyl sites for hydroxylation is 1. The zero-order valence-electron chi connectivity index (χ0n) is 15.8. The molecular formula is C18H18F2N6O3S. The second-order valence-electron chi connectivity index (χ2n) is 6.15. The highest BCUT2D eigenvalue weighted by atomic mass is 32.2. The predicted octanol–water partition coefficient (Wildman–Crippen LogP) is 1.81. The fourth-order valence-electron chi connectivity index (χ4n) is 2.57. The van der Waals surface area contributed by atoms with Crippen molar-refractivity contribution in [3.05, 3.63) is 60.2 Å². The Balaban J connectivity index is 1.60. The standard InChI is InChI=1S/C18H18F2N6O3S/c1-12-6-9-26(25-12)16-10-15(23-11-24-16)21-7-8-22-17(27)13-4-2-3-5-14(13)30(28,29)18(19)20/h2-6,9-11,18H,7-8H2,1H3,(H,22,27)(H,21,23,24). The quantitative estimate of drug-likeness (QED) is 0.517. The number of rotatable bonds is 8. The molecular weight excluding hydrogens is 418 g/mol. The molecule has 9 nitrogen and oxygen atoms in total. The highest BCUT2D eigenvalue weighted by Crippen LogP contribution is 2.22. The Morgan fingerprint density at radius 1 is 1.17 bits per heavy atom. The zero-order chi connectivity index (χ0) is 21.7. The van der Waals surface area contributed by atoms with Gasteiger partial charge in [-0.25, -0.2) is 23.1 Å². The molecule has 2 heterocycles. The summed E-state index contributed by atoms with van der Waals surface area (Å²) in [5.74, 6) is -3.34. The first-order valence-corrected chi connectivity index (χ1v) is 10.3. The molecule has 0 aliphatic rings. The number of alkyl halides is 2. The summed E-state index contributed by atoms with van der Waals surface area (Å²) < 4.78 is 50.8. The van der Waals surface area contributed by atoms with Crippen molar-refractivity contribution in [1.82, 2.24) is 25.1 Å². The van der Waals surface area contributed by atoms with Gasteiger partial charge in [0, 0.05) is 25.4 Å². The number of hydrogen-bond acceptors (Lipinski definition) is 7. The minimum atomic E-state index is -4.89. The van der Waals surface area contributed by atoms with E-state index in [9.17, 15) is 22.0 Å². The maximum Gasteiger partial charge on any atom is 0.341 e. The molecule has 0 bridgehead atoms. The van der Waals surface area contributed by atoms with Gasteiger partial charge in [0.15, 0.2) is 5.82 Å². The van der Waals surface area contributed by atoms with Gasteiger partial charge in [-0.2, -0.15) is 13.9 Å². The molecule has 0 aliphatic heterocycles. The first-order chi connectivity index (χ1) is 14.3. The minimum Gasteiger partial charge on any atom is -0.368 e. The van der Waals surface area contributed by atoms with Crippen LogP contribution in [0.5, 0.6) is 0 Å². The lowest BCUT2D eigenvalue weighted by Gasteiger charge is -2.11. The van der Waals surface area contributed by atoms with Gasteiger partial charge in [-0.3, -0.25) is 4.79 Å². The Labute approximate surface area is 171 Å². The summed E-state index contributed by atoms with van der Waals surface area (Å²) in [6, 6.07) is 8.34. The summed E-state index contributed by atoms with van der Waals surface area (Å²) in [6.45, 7) is 2.20. The summed E-state index contributed by atoms with van der Waals surface area (Å²) in [4.78, 5) is 19.8. The monoisotopic (exact) mass is 436 g/mol. The topological polar surface area (TPSA) is 119 Å². The Morgan fingerprint density at radius 2 is 1.93 bits per heavy atom. The highest BCUT2D eigenvalue weighted by molar-refractivity contribution is 7.91. The number of halogens is 2. The molecule has 30 heavy (non-hydrogen) atoms. The van der Waals surface area contributed by atoms with E-state index < -0.39 is 26.4 Å². The summed E-state index contributed by atoms with van der Waals surface area (Å²) >= 11 is 0. The van der Waals surface area contributed by atoms with Gasteiger partial charge in [0.1, 0.15) is 12.1 Å². The summed E-state index contributed by atoms with van der Waals surface area (Å²) in [6.07, 6.45) is 3.12. The van der Waals surface area contributed by atoms with Crippen LogP contribution in [0.15, 0.2) is 53.8 Å². The molecule has 0 fully saturated rings. The van der Waals surface area contributed by atoms with E-state index in [1.165, 1.54) is 24.5 Å². The van der Waals surface area contributed by atoms with E-state index in [4.69, 9.17) is 0 Å². The average molecular weight is 436 g/mol. The number of sulfone groups is 1. The molecule has 12 heteroatoms. The molecule has 0 radical (unpaired) electrons. The molecule has 0 saturated carbocycles. The number of hydrogen-bond donors (Lipinski definition) is 2.